The topological polar surface area (TPSA) is 96.2 Å². The third-order valence-electron chi connectivity index (χ3n) is 3.51. The van der Waals surface area contributed by atoms with Crippen LogP contribution in [0, 0.1) is 0 Å². The highest BCUT2D eigenvalue weighted by Gasteiger charge is 2.04. The van der Waals surface area contributed by atoms with Gasteiger partial charge in [0.25, 0.3) is 0 Å². The Morgan fingerprint density at radius 3 is 2.52 bits per heavy atom. The third-order valence-corrected chi connectivity index (χ3v) is 3.51. The van der Waals surface area contributed by atoms with Gasteiger partial charge in [-0.1, -0.05) is 12.1 Å². The van der Waals surface area contributed by atoms with Gasteiger partial charge in [-0.2, -0.15) is 0 Å². The van der Waals surface area contributed by atoms with Crippen molar-refractivity contribution < 1.29 is 29.6 Å². The van der Waals surface area contributed by atoms with Crippen LogP contribution in [0.2, 0.25) is 0 Å². The molecule has 3 N–H and O–H groups in total. The van der Waals surface area contributed by atoms with Crippen LogP contribution in [0.15, 0.2) is 42.5 Å². The number of aromatic hydroxyl groups is 3. The standard InChI is InChI=1S/C19H20O6/c1-24-18-12-13(5-8-16(18)21)3-2-10-25-19(23)9-6-14-4-7-15(20)17(22)11-14/h4-9,11-12,20-22H,2-3,10H2,1H3. The van der Waals surface area contributed by atoms with Crippen molar-refractivity contribution in [1.82, 2.24) is 0 Å². The highest BCUT2D eigenvalue weighted by molar-refractivity contribution is 5.87. The first-order valence-corrected chi connectivity index (χ1v) is 7.72. The van der Waals surface area contributed by atoms with E-state index in [0.29, 0.717) is 24.2 Å². The van der Waals surface area contributed by atoms with Crippen LogP contribution < -0.4 is 4.74 Å². The molecule has 0 atom stereocenters. The van der Waals surface area contributed by atoms with Crippen molar-refractivity contribution in [2.24, 2.45) is 0 Å². The van der Waals surface area contributed by atoms with Crippen molar-refractivity contribution in [2.45, 2.75) is 12.8 Å². The Bertz CT molecular complexity index is 767. The van der Waals surface area contributed by atoms with E-state index in [9.17, 15) is 20.1 Å². The lowest BCUT2D eigenvalue weighted by Gasteiger charge is -2.07. The van der Waals surface area contributed by atoms with Gasteiger partial charge in [-0.25, -0.2) is 4.79 Å². The molecule has 0 amide bonds. The number of rotatable bonds is 7. The first-order valence-electron chi connectivity index (χ1n) is 7.72. The van der Waals surface area contributed by atoms with Crippen molar-refractivity contribution in [2.75, 3.05) is 13.7 Å². The van der Waals surface area contributed by atoms with Gasteiger partial charge in [0.2, 0.25) is 0 Å². The van der Waals surface area contributed by atoms with E-state index in [-0.39, 0.29) is 23.9 Å². The molecule has 0 spiro atoms. The van der Waals surface area contributed by atoms with Gasteiger partial charge in [0.1, 0.15) is 0 Å². The van der Waals surface area contributed by atoms with E-state index in [1.807, 2.05) is 0 Å². The number of phenolic OH excluding ortho intramolecular Hbond substituents is 3. The lowest BCUT2D eigenvalue weighted by atomic mass is 10.1. The molecule has 6 heteroatoms. The molecule has 0 aliphatic heterocycles. The molecule has 2 aromatic carbocycles. The molecule has 0 unspecified atom stereocenters. The zero-order valence-electron chi connectivity index (χ0n) is 13.8. The van der Waals surface area contributed by atoms with Gasteiger partial charge in [0.15, 0.2) is 23.0 Å². The van der Waals surface area contributed by atoms with Crippen LogP contribution in [0.4, 0.5) is 0 Å². The van der Waals surface area contributed by atoms with Gasteiger partial charge in [-0.15, -0.1) is 0 Å². The fourth-order valence-electron chi connectivity index (χ4n) is 2.18. The molecule has 0 aliphatic rings. The minimum Gasteiger partial charge on any atom is -0.504 e. The summed E-state index contributed by atoms with van der Waals surface area (Å²) in [4.78, 5) is 11.7. The lowest BCUT2D eigenvalue weighted by Crippen LogP contribution is -2.03. The average Bonchev–Trinajstić information content (AvgIpc) is 2.61. The van der Waals surface area contributed by atoms with E-state index in [1.165, 1.54) is 31.4 Å². The third kappa shape index (κ3) is 5.46. The van der Waals surface area contributed by atoms with Crippen molar-refractivity contribution in [3.63, 3.8) is 0 Å². The summed E-state index contributed by atoms with van der Waals surface area (Å²) in [5, 5.41) is 28.1. The normalized spacial score (nSPS) is 10.8. The number of hydrogen-bond donors (Lipinski definition) is 3. The predicted octanol–water partition coefficient (Wildman–Crippen LogP) is 3.00. The number of esters is 1. The second kappa shape index (κ2) is 8.63. The zero-order valence-corrected chi connectivity index (χ0v) is 13.8. The van der Waals surface area contributed by atoms with Crippen molar-refractivity contribution in [1.29, 1.82) is 0 Å². The number of carbonyl (C=O) groups is 1. The summed E-state index contributed by atoms with van der Waals surface area (Å²) in [6.45, 7) is 0.257. The second-order valence-corrected chi connectivity index (χ2v) is 5.36. The summed E-state index contributed by atoms with van der Waals surface area (Å²) in [5.74, 6) is -0.459. The molecular weight excluding hydrogens is 324 g/mol. The first-order chi connectivity index (χ1) is 12.0. The summed E-state index contributed by atoms with van der Waals surface area (Å²) >= 11 is 0. The van der Waals surface area contributed by atoms with E-state index in [4.69, 9.17) is 9.47 Å². The Morgan fingerprint density at radius 2 is 1.80 bits per heavy atom. The molecule has 6 nitrogen and oxygen atoms in total. The van der Waals surface area contributed by atoms with Crippen molar-refractivity contribution >= 4 is 12.0 Å². The Kier molecular flexibility index (Phi) is 6.28. The van der Waals surface area contributed by atoms with Crippen LogP contribution in [-0.2, 0) is 16.0 Å². The molecule has 0 saturated carbocycles. The van der Waals surface area contributed by atoms with E-state index >= 15 is 0 Å². The summed E-state index contributed by atoms with van der Waals surface area (Å²) in [7, 11) is 1.49. The largest absolute Gasteiger partial charge is 0.504 e. The molecule has 0 heterocycles. The van der Waals surface area contributed by atoms with Crippen LogP contribution >= 0.6 is 0 Å². The number of hydrogen-bond acceptors (Lipinski definition) is 6. The summed E-state index contributed by atoms with van der Waals surface area (Å²) in [5.41, 5.74) is 1.55. The summed E-state index contributed by atoms with van der Waals surface area (Å²) in [6.07, 6.45) is 4.06. The minimum absolute atomic E-state index is 0.0862. The minimum atomic E-state index is -0.490. The Morgan fingerprint density at radius 1 is 1.04 bits per heavy atom. The number of methoxy groups -OCH3 is 1. The Hall–Kier alpha value is -3.15. The maximum Gasteiger partial charge on any atom is 0.330 e. The molecule has 0 saturated heterocycles. The van der Waals surface area contributed by atoms with Gasteiger partial charge in [-0.3, -0.25) is 0 Å². The van der Waals surface area contributed by atoms with Crippen LogP contribution in [0.1, 0.15) is 17.5 Å². The Labute approximate surface area is 145 Å². The van der Waals surface area contributed by atoms with Crippen LogP contribution in [0.5, 0.6) is 23.0 Å². The maximum atomic E-state index is 11.7. The number of ether oxygens (including phenoxy) is 2. The molecule has 2 rings (SSSR count). The van der Waals surface area contributed by atoms with Crippen LogP contribution in [0.3, 0.4) is 0 Å². The molecule has 0 aliphatic carbocycles. The molecular formula is C19H20O6. The quantitative estimate of drug-likeness (QED) is 0.309. The van der Waals surface area contributed by atoms with Gasteiger partial charge in [0.05, 0.1) is 13.7 Å². The molecule has 0 bridgehead atoms. The highest BCUT2D eigenvalue weighted by Crippen LogP contribution is 2.27. The van der Waals surface area contributed by atoms with Crippen molar-refractivity contribution in [3.8, 4) is 23.0 Å². The number of phenols is 3. The fourth-order valence-corrected chi connectivity index (χ4v) is 2.18. The molecule has 0 aromatic heterocycles. The van der Waals surface area contributed by atoms with Crippen LogP contribution in [-0.4, -0.2) is 35.0 Å². The number of carbonyl (C=O) groups excluding carboxylic acids is 1. The monoisotopic (exact) mass is 344 g/mol. The van der Waals surface area contributed by atoms with E-state index in [1.54, 1.807) is 24.3 Å². The molecule has 25 heavy (non-hydrogen) atoms. The number of benzene rings is 2. The predicted molar refractivity (Wildman–Crippen MR) is 92.7 cm³/mol. The van der Waals surface area contributed by atoms with Crippen molar-refractivity contribution in [3.05, 3.63) is 53.6 Å². The lowest BCUT2D eigenvalue weighted by molar-refractivity contribution is -0.137. The average molecular weight is 344 g/mol. The van der Waals surface area contributed by atoms with E-state index in [0.717, 1.165) is 5.56 Å². The van der Waals surface area contributed by atoms with Gasteiger partial charge < -0.3 is 24.8 Å². The zero-order chi connectivity index (χ0) is 18.2. The smallest absolute Gasteiger partial charge is 0.330 e. The van der Waals surface area contributed by atoms with Crippen LogP contribution in [0.25, 0.3) is 6.08 Å². The SMILES string of the molecule is COc1cc(CCCOC(=O)C=Cc2ccc(O)c(O)c2)ccc1O. The summed E-state index contributed by atoms with van der Waals surface area (Å²) < 4.78 is 10.1. The van der Waals surface area contributed by atoms with E-state index < -0.39 is 5.97 Å². The van der Waals surface area contributed by atoms with Gasteiger partial charge in [0, 0.05) is 6.08 Å². The van der Waals surface area contributed by atoms with Gasteiger partial charge in [-0.05, 0) is 54.3 Å². The number of aryl methyl sites for hydroxylation is 1. The van der Waals surface area contributed by atoms with Gasteiger partial charge >= 0.3 is 5.97 Å². The molecule has 132 valence electrons. The van der Waals surface area contributed by atoms with E-state index in [2.05, 4.69) is 0 Å². The highest BCUT2D eigenvalue weighted by atomic mass is 16.5. The summed E-state index contributed by atoms with van der Waals surface area (Å²) in [6, 6.07) is 9.35. The first kappa shape index (κ1) is 18.2. The molecule has 2 aromatic rings. The second-order valence-electron chi connectivity index (χ2n) is 5.36. The fraction of sp³-hybridized carbons (Fsp3) is 0.211. The Balaban J connectivity index is 1.76. The molecule has 0 radical (unpaired) electrons. The molecule has 0 fully saturated rings. The maximum absolute atomic E-state index is 11.7.